The van der Waals surface area contributed by atoms with Crippen LogP contribution in [0.5, 0.6) is 0 Å². The Morgan fingerprint density at radius 2 is 2.44 bits per heavy atom. The van der Waals surface area contributed by atoms with E-state index in [1.54, 1.807) is 19.1 Å². The molecule has 0 saturated carbocycles. The summed E-state index contributed by atoms with van der Waals surface area (Å²) in [6, 6.07) is 3.44. The predicted molar refractivity (Wildman–Crippen MR) is 62.7 cm³/mol. The molecule has 0 saturated heterocycles. The molecule has 16 heavy (non-hydrogen) atoms. The number of hydrogen-bond acceptors (Lipinski definition) is 4. The van der Waals surface area contributed by atoms with Crippen molar-refractivity contribution in [1.82, 2.24) is 4.98 Å². The molecule has 1 rings (SSSR count). The van der Waals surface area contributed by atoms with Gasteiger partial charge in [0.25, 0.3) is 0 Å². The van der Waals surface area contributed by atoms with Gasteiger partial charge in [0.1, 0.15) is 6.10 Å². The SMILES string of the molecule is C=C(C(=O)OCC)C(O)c1ncccc1Br. The summed E-state index contributed by atoms with van der Waals surface area (Å²) in [6.45, 7) is 5.44. The largest absolute Gasteiger partial charge is 0.463 e. The number of aliphatic hydroxyl groups excluding tert-OH is 1. The van der Waals surface area contributed by atoms with Gasteiger partial charge in [0.15, 0.2) is 0 Å². The normalized spacial score (nSPS) is 11.9. The van der Waals surface area contributed by atoms with Crippen molar-refractivity contribution in [3.63, 3.8) is 0 Å². The number of nitrogens with zero attached hydrogens (tertiary/aromatic N) is 1. The van der Waals surface area contributed by atoms with Crippen LogP contribution in [0.15, 0.2) is 35.0 Å². The summed E-state index contributed by atoms with van der Waals surface area (Å²) in [7, 11) is 0. The van der Waals surface area contributed by atoms with Crippen LogP contribution in [-0.4, -0.2) is 22.7 Å². The number of ether oxygens (including phenoxy) is 1. The first kappa shape index (κ1) is 12.9. The summed E-state index contributed by atoms with van der Waals surface area (Å²) in [5.41, 5.74) is 0.321. The van der Waals surface area contributed by atoms with Crippen molar-refractivity contribution < 1.29 is 14.6 Å². The third-order valence-electron chi connectivity index (χ3n) is 1.91. The van der Waals surface area contributed by atoms with E-state index in [0.29, 0.717) is 10.2 Å². The molecule has 1 atom stereocenters. The summed E-state index contributed by atoms with van der Waals surface area (Å²) < 4.78 is 5.36. The molecule has 5 heteroatoms. The maximum atomic E-state index is 11.3. The first-order valence-corrected chi connectivity index (χ1v) is 5.51. The maximum absolute atomic E-state index is 11.3. The van der Waals surface area contributed by atoms with Gasteiger partial charge in [0.05, 0.1) is 17.9 Å². The number of aliphatic hydroxyl groups is 1. The fourth-order valence-electron chi connectivity index (χ4n) is 1.10. The number of aromatic nitrogens is 1. The Morgan fingerprint density at radius 3 is 3.00 bits per heavy atom. The molecular formula is C11H12BrNO3. The van der Waals surface area contributed by atoms with E-state index in [4.69, 9.17) is 4.74 Å². The van der Waals surface area contributed by atoms with E-state index < -0.39 is 12.1 Å². The highest BCUT2D eigenvalue weighted by Crippen LogP contribution is 2.25. The molecule has 0 amide bonds. The van der Waals surface area contributed by atoms with E-state index in [1.807, 2.05) is 0 Å². The highest BCUT2D eigenvalue weighted by molar-refractivity contribution is 9.10. The van der Waals surface area contributed by atoms with Crippen LogP contribution in [0.1, 0.15) is 18.7 Å². The van der Waals surface area contributed by atoms with Crippen LogP contribution in [0.25, 0.3) is 0 Å². The molecule has 0 fully saturated rings. The van der Waals surface area contributed by atoms with Gasteiger partial charge in [-0.3, -0.25) is 4.98 Å². The van der Waals surface area contributed by atoms with Crippen molar-refractivity contribution in [2.24, 2.45) is 0 Å². The minimum atomic E-state index is -1.16. The van der Waals surface area contributed by atoms with Crippen LogP contribution < -0.4 is 0 Å². The van der Waals surface area contributed by atoms with Crippen LogP contribution in [0.3, 0.4) is 0 Å². The van der Waals surface area contributed by atoms with Crippen molar-refractivity contribution in [3.8, 4) is 0 Å². The number of carbonyl (C=O) groups excluding carboxylic acids is 1. The van der Waals surface area contributed by atoms with E-state index in [-0.39, 0.29) is 12.2 Å². The topological polar surface area (TPSA) is 59.4 Å². The molecule has 1 aromatic heterocycles. The Balaban J connectivity index is 2.86. The Bertz CT molecular complexity index is 406. The number of pyridine rings is 1. The molecule has 4 nitrogen and oxygen atoms in total. The second kappa shape index (κ2) is 5.77. The lowest BCUT2D eigenvalue weighted by Crippen LogP contribution is -2.14. The molecule has 0 spiro atoms. The average Bonchev–Trinajstić information content (AvgIpc) is 2.28. The van der Waals surface area contributed by atoms with Gasteiger partial charge in [-0.1, -0.05) is 6.58 Å². The molecule has 1 aromatic rings. The molecule has 0 aromatic carbocycles. The number of carbonyl (C=O) groups is 1. The predicted octanol–water partition coefficient (Wildman–Crippen LogP) is 2.00. The van der Waals surface area contributed by atoms with Gasteiger partial charge < -0.3 is 9.84 Å². The Morgan fingerprint density at radius 1 is 1.75 bits per heavy atom. The lowest BCUT2D eigenvalue weighted by Gasteiger charge is -2.13. The second-order valence-electron chi connectivity index (χ2n) is 3.02. The first-order chi connectivity index (χ1) is 7.57. The van der Waals surface area contributed by atoms with Gasteiger partial charge >= 0.3 is 5.97 Å². The summed E-state index contributed by atoms with van der Waals surface area (Å²) in [6.07, 6.45) is 0.372. The average molecular weight is 286 g/mol. The highest BCUT2D eigenvalue weighted by atomic mass is 79.9. The minimum absolute atomic E-state index is 0.0266. The lowest BCUT2D eigenvalue weighted by molar-refractivity contribution is -0.139. The molecular weight excluding hydrogens is 274 g/mol. The van der Waals surface area contributed by atoms with E-state index in [0.717, 1.165) is 0 Å². The summed E-state index contributed by atoms with van der Waals surface area (Å²) >= 11 is 3.24. The summed E-state index contributed by atoms with van der Waals surface area (Å²) in [5, 5.41) is 9.87. The van der Waals surface area contributed by atoms with E-state index in [2.05, 4.69) is 27.5 Å². The van der Waals surface area contributed by atoms with E-state index in [9.17, 15) is 9.90 Å². The Labute approximate surface area is 102 Å². The molecule has 1 unspecified atom stereocenters. The van der Waals surface area contributed by atoms with Crippen molar-refractivity contribution in [1.29, 1.82) is 0 Å². The molecule has 86 valence electrons. The second-order valence-corrected chi connectivity index (χ2v) is 3.87. The van der Waals surface area contributed by atoms with Crippen molar-refractivity contribution >= 4 is 21.9 Å². The molecule has 0 bridgehead atoms. The van der Waals surface area contributed by atoms with Gasteiger partial charge in [-0.2, -0.15) is 0 Å². The third-order valence-corrected chi connectivity index (χ3v) is 2.58. The van der Waals surface area contributed by atoms with Gasteiger partial charge in [0.2, 0.25) is 0 Å². The monoisotopic (exact) mass is 285 g/mol. The zero-order chi connectivity index (χ0) is 12.1. The lowest BCUT2D eigenvalue weighted by atomic mass is 10.1. The number of halogens is 1. The zero-order valence-corrected chi connectivity index (χ0v) is 10.4. The first-order valence-electron chi connectivity index (χ1n) is 4.72. The van der Waals surface area contributed by atoms with Gasteiger partial charge in [0, 0.05) is 10.7 Å². The van der Waals surface area contributed by atoms with Gasteiger partial charge in [-0.15, -0.1) is 0 Å². The fourth-order valence-corrected chi connectivity index (χ4v) is 1.57. The quantitative estimate of drug-likeness (QED) is 0.679. The van der Waals surface area contributed by atoms with Gasteiger partial charge in [-0.05, 0) is 35.0 Å². The molecule has 0 radical (unpaired) electrons. The Hall–Kier alpha value is -1.20. The molecule has 0 aliphatic heterocycles. The fraction of sp³-hybridized carbons (Fsp3) is 0.273. The van der Waals surface area contributed by atoms with Crippen molar-refractivity contribution in [2.45, 2.75) is 13.0 Å². The minimum Gasteiger partial charge on any atom is -0.463 e. The van der Waals surface area contributed by atoms with Crippen molar-refractivity contribution in [2.75, 3.05) is 6.61 Å². The number of rotatable bonds is 4. The smallest absolute Gasteiger partial charge is 0.336 e. The van der Waals surface area contributed by atoms with Crippen LogP contribution in [0.2, 0.25) is 0 Å². The van der Waals surface area contributed by atoms with Crippen LogP contribution in [-0.2, 0) is 9.53 Å². The number of hydrogen-bond donors (Lipinski definition) is 1. The summed E-state index contributed by atoms with van der Waals surface area (Å²) in [4.78, 5) is 15.3. The summed E-state index contributed by atoms with van der Waals surface area (Å²) in [5.74, 6) is -0.618. The molecule has 1 N–H and O–H groups in total. The standard InChI is InChI=1S/C11H12BrNO3/c1-3-16-11(15)7(2)10(14)9-8(12)5-4-6-13-9/h4-6,10,14H,2-3H2,1H3. The van der Waals surface area contributed by atoms with Gasteiger partial charge in [-0.25, -0.2) is 4.79 Å². The Kier molecular flexibility index (Phi) is 4.64. The van der Waals surface area contributed by atoms with Crippen LogP contribution in [0, 0.1) is 0 Å². The van der Waals surface area contributed by atoms with Crippen LogP contribution in [0.4, 0.5) is 0 Å². The third kappa shape index (κ3) is 2.90. The zero-order valence-electron chi connectivity index (χ0n) is 8.81. The highest BCUT2D eigenvalue weighted by Gasteiger charge is 2.22. The number of esters is 1. The van der Waals surface area contributed by atoms with Crippen molar-refractivity contribution in [3.05, 3.63) is 40.6 Å². The van der Waals surface area contributed by atoms with E-state index >= 15 is 0 Å². The molecule has 0 aliphatic rings. The van der Waals surface area contributed by atoms with E-state index in [1.165, 1.54) is 6.20 Å². The molecule has 0 aliphatic carbocycles. The van der Waals surface area contributed by atoms with Crippen LogP contribution >= 0.6 is 15.9 Å². The maximum Gasteiger partial charge on any atom is 0.336 e. The molecule has 1 heterocycles.